The average Bonchev–Trinajstić information content (AvgIpc) is 2.58. The van der Waals surface area contributed by atoms with E-state index in [1.807, 2.05) is 0 Å². The minimum Gasteiger partial charge on any atom is -0.362 e. The van der Waals surface area contributed by atoms with Gasteiger partial charge < -0.3 is 4.74 Å². The molecule has 0 heterocycles. The molecule has 0 aromatic carbocycles. The number of hydrogen-bond donors (Lipinski definition) is 0. The van der Waals surface area contributed by atoms with E-state index in [0.29, 0.717) is 0 Å². The van der Waals surface area contributed by atoms with Crippen molar-refractivity contribution in [2.24, 2.45) is 0 Å². The minimum atomic E-state index is -2.68. The zero-order chi connectivity index (χ0) is 26.9. The third-order valence-electron chi connectivity index (χ3n) is 4.84. The van der Waals surface area contributed by atoms with E-state index in [4.69, 9.17) is 237 Å². The summed E-state index contributed by atoms with van der Waals surface area (Å²) < 4.78 is -20.9. The van der Waals surface area contributed by atoms with E-state index in [1.54, 1.807) is 0 Å². The van der Waals surface area contributed by atoms with Crippen LogP contribution in [0.15, 0.2) is 0 Å². The summed E-state index contributed by atoms with van der Waals surface area (Å²) in [7, 11) is 0. The molecule has 0 aromatic heterocycles. The van der Waals surface area contributed by atoms with Crippen LogP contribution in [0.2, 0.25) is 0 Å². The van der Waals surface area contributed by atoms with Gasteiger partial charge in [0, 0.05) is 0 Å². The fourth-order valence-corrected chi connectivity index (χ4v) is 10.4. The van der Waals surface area contributed by atoms with E-state index >= 15 is 0 Å². The van der Waals surface area contributed by atoms with Gasteiger partial charge in [0.05, 0.1) is 0 Å². The van der Waals surface area contributed by atoms with Gasteiger partial charge in [-0.15, -0.1) is 0 Å². The Labute approximate surface area is 288 Å². The lowest BCUT2D eigenvalue weighted by molar-refractivity contribution is -0.0709. The van der Waals surface area contributed by atoms with Gasteiger partial charge in [-0.2, -0.15) is 0 Å². The highest BCUT2D eigenvalue weighted by molar-refractivity contribution is 6.80. The van der Waals surface area contributed by atoms with Gasteiger partial charge in [-0.1, -0.05) is 232 Å². The van der Waals surface area contributed by atoms with Gasteiger partial charge >= 0.3 is 0 Å². The SMILES string of the molecule is ClC1(Cl)C(OC2C(Cl)(Cl)C(Cl)(Cl)C(Cl)(Cl)C(Cl)(Cl)C2(Cl)Cl)C(Cl)(Cl)C(Cl)(Cl)C(Cl)(Cl)C1(Cl)Cl. The maximum absolute atomic E-state index is 6.39. The molecule has 0 atom stereocenters. The zero-order valence-electron chi connectivity index (χ0n) is 14.1. The van der Waals surface area contributed by atoms with Crippen molar-refractivity contribution < 1.29 is 4.74 Å². The molecule has 2 fully saturated rings. The molecule has 21 heteroatoms. The van der Waals surface area contributed by atoms with Crippen molar-refractivity contribution in [2.75, 3.05) is 0 Å². The minimum absolute atomic E-state index is 2.14. The summed E-state index contributed by atoms with van der Waals surface area (Å²) in [5, 5.41) is 0. The molecule has 196 valence electrons. The molecule has 0 spiro atoms. The molecule has 0 saturated heterocycles. The topological polar surface area (TPSA) is 9.23 Å². The highest BCUT2D eigenvalue weighted by Crippen LogP contribution is 2.76. The van der Waals surface area contributed by atoms with Gasteiger partial charge in [-0.05, 0) is 0 Å². The number of ether oxygens (including phenoxy) is 1. The van der Waals surface area contributed by atoms with Crippen molar-refractivity contribution >= 4 is 232 Å². The van der Waals surface area contributed by atoms with Crippen molar-refractivity contribution in [1.82, 2.24) is 0 Å². The van der Waals surface area contributed by atoms with E-state index in [0.717, 1.165) is 0 Å². The average molecular weight is 871 g/mol. The van der Waals surface area contributed by atoms with Crippen LogP contribution in [0.5, 0.6) is 0 Å². The zero-order valence-corrected chi connectivity index (χ0v) is 29.2. The second-order valence-corrected chi connectivity index (χ2v) is 20.3. The molecule has 0 amide bonds. The Bertz CT molecular complexity index is 684. The Morgan fingerprint density at radius 3 is 0.576 bits per heavy atom. The standard InChI is InChI=1S/C12H2Cl20O/c13-3(14)1(4(15,16)8(23,24)11(29,30)7(3,21)22)33-2-5(17,18)9(25,26)12(31,32)10(27,28)6(2,19)20/h1-2H. The summed E-state index contributed by atoms with van der Waals surface area (Å²) in [6.45, 7) is 0. The van der Waals surface area contributed by atoms with Crippen LogP contribution in [-0.2, 0) is 4.74 Å². The smallest absolute Gasteiger partial charge is 0.189 e. The first kappa shape index (κ1) is 35.0. The summed E-state index contributed by atoms with van der Waals surface area (Å²) in [6.07, 6.45) is -4.28. The lowest BCUT2D eigenvalue weighted by Gasteiger charge is -2.63. The Morgan fingerprint density at radius 1 is 0.273 bits per heavy atom. The van der Waals surface area contributed by atoms with Crippen molar-refractivity contribution in [2.45, 2.75) is 55.5 Å². The third-order valence-corrected chi connectivity index (χ3v) is 18.7. The number of alkyl halides is 20. The van der Waals surface area contributed by atoms with Gasteiger partial charge in [0.2, 0.25) is 0 Å². The first-order chi connectivity index (χ1) is 14.0. The van der Waals surface area contributed by atoms with Crippen LogP contribution in [-0.4, -0.2) is 55.5 Å². The van der Waals surface area contributed by atoms with Gasteiger partial charge in [-0.25, -0.2) is 0 Å². The van der Waals surface area contributed by atoms with Crippen molar-refractivity contribution in [3.8, 4) is 0 Å². The van der Waals surface area contributed by atoms with E-state index in [-0.39, 0.29) is 0 Å². The van der Waals surface area contributed by atoms with Crippen LogP contribution in [0.4, 0.5) is 0 Å². The van der Waals surface area contributed by atoms with Crippen LogP contribution in [0.1, 0.15) is 0 Å². The maximum atomic E-state index is 6.39. The molecule has 1 nitrogen and oxygen atoms in total. The van der Waals surface area contributed by atoms with Crippen LogP contribution in [0.3, 0.4) is 0 Å². The predicted molar refractivity (Wildman–Crippen MR) is 153 cm³/mol. The van der Waals surface area contributed by atoms with Gasteiger partial charge in [0.1, 0.15) is 12.2 Å². The van der Waals surface area contributed by atoms with Crippen molar-refractivity contribution in [3.63, 3.8) is 0 Å². The van der Waals surface area contributed by atoms with Gasteiger partial charge in [0.15, 0.2) is 43.3 Å². The summed E-state index contributed by atoms with van der Waals surface area (Å²) in [4.78, 5) is 0. The molecular weight excluding hydrogens is 869 g/mol. The second kappa shape index (κ2) is 9.64. The largest absolute Gasteiger partial charge is 0.362 e. The highest BCUT2D eigenvalue weighted by Gasteiger charge is 2.87. The lowest BCUT2D eigenvalue weighted by Crippen LogP contribution is -2.80. The Morgan fingerprint density at radius 2 is 0.424 bits per heavy atom. The Hall–Kier alpha value is 5.76. The third kappa shape index (κ3) is 4.32. The monoisotopic (exact) mass is 861 g/mol. The fraction of sp³-hybridized carbons (Fsp3) is 1.00. The Kier molecular flexibility index (Phi) is 10.2. The normalized spacial score (nSPS) is 34.5. The summed E-state index contributed by atoms with van der Waals surface area (Å²) in [6, 6.07) is 0. The van der Waals surface area contributed by atoms with Crippen LogP contribution in [0, 0.1) is 0 Å². The van der Waals surface area contributed by atoms with E-state index in [9.17, 15) is 0 Å². The van der Waals surface area contributed by atoms with Crippen LogP contribution < -0.4 is 0 Å². The molecule has 2 aliphatic rings. The summed E-state index contributed by atoms with van der Waals surface area (Å²) in [5.41, 5.74) is 0. The molecule has 0 unspecified atom stereocenters. The number of halogens is 20. The van der Waals surface area contributed by atoms with Crippen LogP contribution >= 0.6 is 232 Å². The van der Waals surface area contributed by atoms with Crippen molar-refractivity contribution in [3.05, 3.63) is 0 Å². The van der Waals surface area contributed by atoms with Gasteiger partial charge in [-0.3, -0.25) is 0 Å². The molecule has 2 saturated carbocycles. The number of rotatable bonds is 2. The lowest BCUT2D eigenvalue weighted by atomic mass is 9.89. The van der Waals surface area contributed by atoms with E-state index in [1.165, 1.54) is 0 Å². The predicted octanol–water partition coefficient (Wildman–Crippen LogP) is 11.5. The number of hydrogen-bond acceptors (Lipinski definition) is 1. The Balaban J connectivity index is 2.81. The molecule has 0 radical (unpaired) electrons. The van der Waals surface area contributed by atoms with Gasteiger partial charge in [0.25, 0.3) is 0 Å². The summed E-state index contributed by atoms with van der Waals surface area (Å²) >= 11 is 126. The molecule has 0 aliphatic heterocycles. The van der Waals surface area contributed by atoms with E-state index < -0.39 is 55.5 Å². The summed E-state index contributed by atoms with van der Waals surface area (Å²) in [5.74, 6) is 0. The molecule has 0 N–H and O–H groups in total. The van der Waals surface area contributed by atoms with Crippen molar-refractivity contribution in [1.29, 1.82) is 0 Å². The highest BCUT2D eigenvalue weighted by atomic mass is 35.6. The molecule has 2 aliphatic carbocycles. The molecule has 0 aromatic rings. The quantitative estimate of drug-likeness (QED) is 0.251. The molecular formula is C12H2Cl20O. The van der Waals surface area contributed by atoms with Crippen LogP contribution in [0.25, 0.3) is 0 Å². The molecule has 2 rings (SSSR count). The molecule has 0 bridgehead atoms. The van der Waals surface area contributed by atoms with E-state index in [2.05, 4.69) is 0 Å². The first-order valence-electron chi connectivity index (χ1n) is 7.41. The fourth-order valence-electron chi connectivity index (χ4n) is 2.82. The second-order valence-electron chi connectivity index (χ2n) is 6.83. The molecule has 33 heavy (non-hydrogen) atoms. The maximum Gasteiger partial charge on any atom is 0.189 e. The first-order valence-corrected chi connectivity index (χ1v) is 15.0.